The monoisotopic (exact) mass is 289 g/mol. The van der Waals surface area contributed by atoms with Crippen molar-refractivity contribution in [2.45, 2.75) is 38.8 Å². The summed E-state index contributed by atoms with van der Waals surface area (Å²) in [6.07, 6.45) is 2.75. The van der Waals surface area contributed by atoms with E-state index in [2.05, 4.69) is 5.32 Å². The minimum Gasteiger partial charge on any atom is -0.368 e. The summed E-state index contributed by atoms with van der Waals surface area (Å²) in [4.78, 5) is 25.4. The maximum Gasteiger partial charge on any atom is 0.234 e. The molecule has 0 saturated carbocycles. The van der Waals surface area contributed by atoms with Gasteiger partial charge in [0.1, 0.15) is 0 Å². The molecule has 1 saturated heterocycles. The average molecular weight is 289 g/mol. The number of primary amides is 1. The van der Waals surface area contributed by atoms with Gasteiger partial charge in [0.15, 0.2) is 0 Å². The van der Waals surface area contributed by atoms with Crippen LogP contribution in [-0.2, 0) is 16.1 Å². The van der Waals surface area contributed by atoms with Crippen LogP contribution in [0.25, 0.3) is 0 Å². The molecule has 2 rings (SSSR count). The molecular formula is C16H23N3O2. The highest BCUT2D eigenvalue weighted by molar-refractivity contribution is 5.82. The van der Waals surface area contributed by atoms with Gasteiger partial charge in [0.25, 0.3) is 0 Å². The zero-order chi connectivity index (χ0) is 15.2. The molecule has 1 aromatic rings. The third kappa shape index (κ3) is 4.29. The first-order valence-electron chi connectivity index (χ1n) is 7.42. The highest BCUT2D eigenvalue weighted by Gasteiger charge is 2.28. The van der Waals surface area contributed by atoms with Crippen molar-refractivity contribution >= 4 is 11.8 Å². The molecule has 1 aliphatic heterocycles. The Bertz CT molecular complexity index is 516. The van der Waals surface area contributed by atoms with Crippen molar-refractivity contribution in [3.63, 3.8) is 0 Å². The number of hydrogen-bond acceptors (Lipinski definition) is 3. The first-order valence-corrected chi connectivity index (χ1v) is 7.42. The highest BCUT2D eigenvalue weighted by Crippen LogP contribution is 2.16. The zero-order valence-corrected chi connectivity index (χ0v) is 12.5. The van der Waals surface area contributed by atoms with Gasteiger partial charge in [0.05, 0.1) is 12.6 Å². The molecule has 1 aromatic carbocycles. The number of nitrogens with two attached hydrogens (primary N) is 1. The van der Waals surface area contributed by atoms with Gasteiger partial charge < -0.3 is 11.1 Å². The molecule has 0 bridgehead atoms. The van der Waals surface area contributed by atoms with Crippen molar-refractivity contribution in [1.82, 2.24) is 10.2 Å². The Labute approximate surface area is 125 Å². The quantitative estimate of drug-likeness (QED) is 0.847. The molecule has 0 unspecified atom stereocenters. The molecule has 1 aliphatic rings. The second-order valence-corrected chi connectivity index (χ2v) is 5.59. The Morgan fingerprint density at radius 2 is 2.10 bits per heavy atom. The minimum atomic E-state index is -0.332. The van der Waals surface area contributed by atoms with Crippen LogP contribution >= 0.6 is 0 Å². The van der Waals surface area contributed by atoms with E-state index < -0.39 is 0 Å². The number of hydrogen-bond donors (Lipinski definition) is 2. The summed E-state index contributed by atoms with van der Waals surface area (Å²) in [7, 11) is 0. The van der Waals surface area contributed by atoms with Crippen LogP contribution in [0, 0.1) is 6.92 Å². The van der Waals surface area contributed by atoms with Crippen molar-refractivity contribution in [3.8, 4) is 0 Å². The Kier molecular flexibility index (Phi) is 5.33. The lowest BCUT2D eigenvalue weighted by molar-refractivity contribution is -0.128. The second kappa shape index (κ2) is 7.22. The van der Waals surface area contributed by atoms with E-state index in [1.807, 2.05) is 36.1 Å². The Balaban J connectivity index is 1.86. The van der Waals surface area contributed by atoms with Crippen molar-refractivity contribution < 1.29 is 9.59 Å². The van der Waals surface area contributed by atoms with E-state index >= 15 is 0 Å². The minimum absolute atomic E-state index is 0.0635. The van der Waals surface area contributed by atoms with Crippen LogP contribution in [-0.4, -0.2) is 35.8 Å². The first-order chi connectivity index (χ1) is 10.1. The van der Waals surface area contributed by atoms with Crippen molar-refractivity contribution in [2.24, 2.45) is 5.73 Å². The van der Waals surface area contributed by atoms with E-state index in [0.29, 0.717) is 6.54 Å². The molecule has 1 heterocycles. The number of nitrogens with zero attached hydrogens (tertiary/aromatic N) is 1. The first kappa shape index (κ1) is 15.5. The van der Waals surface area contributed by atoms with Crippen molar-refractivity contribution in [1.29, 1.82) is 0 Å². The molecule has 0 radical (unpaired) electrons. The Morgan fingerprint density at radius 3 is 2.81 bits per heavy atom. The highest BCUT2D eigenvalue weighted by atomic mass is 16.2. The van der Waals surface area contributed by atoms with Gasteiger partial charge in [-0.1, -0.05) is 30.7 Å². The number of piperidine rings is 1. The van der Waals surface area contributed by atoms with Gasteiger partial charge in [0.2, 0.25) is 11.8 Å². The second-order valence-electron chi connectivity index (χ2n) is 5.59. The van der Waals surface area contributed by atoms with Gasteiger partial charge in [-0.05, 0) is 37.4 Å². The summed E-state index contributed by atoms with van der Waals surface area (Å²) in [5.41, 5.74) is 7.67. The molecule has 5 nitrogen and oxygen atoms in total. The fourth-order valence-electron chi connectivity index (χ4n) is 2.75. The lowest BCUT2D eigenvalue weighted by atomic mass is 10.0. The largest absolute Gasteiger partial charge is 0.368 e. The number of likely N-dealkylation sites (tertiary alicyclic amines) is 1. The predicted molar refractivity (Wildman–Crippen MR) is 81.4 cm³/mol. The Morgan fingerprint density at radius 1 is 1.33 bits per heavy atom. The Hall–Kier alpha value is -1.88. The van der Waals surface area contributed by atoms with Crippen molar-refractivity contribution in [2.75, 3.05) is 13.1 Å². The maximum atomic E-state index is 12.1. The fourth-order valence-corrected chi connectivity index (χ4v) is 2.75. The normalized spacial score (nSPS) is 19.2. The number of aryl methyl sites for hydroxylation is 1. The molecule has 5 heteroatoms. The maximum absolute atomic E-state index is 12.1. The molecule has 0 spiro atoms. The molecule has 21 heavy (non-hydrogen) atoms. The van der Waals surface area contributed by atoms with E-state index in [0.717, 1.165) is 36.9 Å². The number of amides is 2. The molecule has 1 fully saturated rings. The number of carbonyl (C=O) groups is 2. The summed E-state index contributed by atoms with van der Waals surface area (Å²) >= 11 is 0. The lowest BCUT2D eigenvalue weighted by Gasteiger charge is -2.32. The van der Waals surface area contributed by atoms with Crippen LogP contribution < -0.4 is 11.1 Å². The van der Waals surface area contributed by atoms with Gasteiger partial charge in [-0.2, -0.15) is 0 Å². The summed E-state index contributed by atoms with van der Waals surface area (Å²) in [5.74, 6) is -0.396. The van der Waals surface area contributed by atoms with Crippen LogP contribution in [0.4, 0.5) is 0 Å². The van der Waals surface area contributed by atoms with E-state index in [1.165, 1.54) is 0 Å². The van der Waals surface area contributed by atoms with Crippen LogP contribution in [0.1, 0.15) is 30.4 Å². The summed E-state index contributed by atoms with van der Waals surface area (Å²) in [5, 5.41) is 2.91. The van der Waals surface area contributed by atoms with Crippen LogP contribution in [0.15, 0.2) is 24.3 Å². The standard InChI is InChI=1S/C16H23N3O2/c1-12-6-2-3-7-13(12)10-18-15(20)11-19-9-5-4-8-14(19)16(17)21/h2-3,6-7,14H,4-5,8-11H2,1H3,(H2,17,21)(H,18,20)/t14-/m1/s1. The topological polar surface area (TPSA) is 75.4 Å². The lowest BCUT2D eigenvalue weighted by Crippen LogP contribution is -2.51. The molecule has 0 aromatic heterocycles. The number of rotatable bonds is 5. The number of nitrogens with one attached hydrogen (secondary N) is 1. The third-order valence-corrected chi connectivity index (χ3v) is 4.03. The van der Waals surface area contributed by atoms with E-state index in [4.69, 9.17) is 5.73 Å². The van der Waals surface area contributed by atoms with Crippen LogP contribution in [0.2, 0.25) is 0 Å². The summed E-state index contributed by atoms with van der Waals surface area (Å²) in [6.45, 7) is 3.53. The summed E-state index contributed by atoms with van der Waals surface area (Å²) in [6, 6.07) is 7.66. The molecule has 2 amide bonds. The number of carbonyl (C=O) groups excluding carboxylic acids is 2. The smallest absolute Gasteiger partial charge is 0.234 e. The SMILES string of the molecule is Cc1ccccc1CNC(=O)CN1CCCC[C@@H]1C(N)=O. The molecule has 1 atom stereocenters. The van der Waals surface area contributed by atoms with Crippen LogP contribution in [0.3, 0.4) is 0 Å². The van der Waals surface area contributed by atoms with Gasteiger partial charge in [-0.15, -0.1) is 0 Å². The molecular weight excluding hydrogens is 266 g/mol. The van der Waals surface area contributed by atoms with E-state index in [9.17, 15) is 9.59 Å². The van der Waals surface area contributed by atoms with Gasteiger partial charge in [0, 0.05) is 6.54 Å². The van der Waals surface area contributed by atoms with Gasteiger partial charge in [-0.25, -0.2) is 0 Å². The van der Waals surface area contributed by atoms with Gasteiger partial charge >= 0.3 is 0 Å². The molecule has 114 valence electrons. The van der Waals surface area contributed by atoms with Crippen molar-refractivity contribution in [3.05, 3.63) is 35.4 Å². The zero-order valence-electron chi connectivity index (χ0n) is 12.5. The third-order valence-electron chi connectivity index (χ3n) is 4.03. The average Bonchev–Trinajstić information content (AvgIpc) is 2.47. The van der Waals surface area contributed by atoms with Crippen LogP contribution in [0.5, 0.6) is 0 Å². The fraction of sp³-hybridized carbons (Fsp3) is 0.500. The molecule has 0 aliphatic carbocycles. The van der Waals surface area contributed by atoms with Gasteiger partial charge in [-0.3, -0.25) is 14.5 Å². The number of benzene rings is 1. The van der Waals surface area contributed by atoms with E-state index in [1.54, 1.807) is 0 Å². The molecule has 3 N–H and O–H groups in total. The summed E-state index contributed by atoms with van der Waals surface area (Å²) < 4.78 is 0. The predicted octanol–water partition coefficient (Wildman–Crippen LogP) is 0.951. The van der Waals surface area contributed by atoms with E-state index in [-0.39, 0.29) is 24.4 Å².